The van der Waals surface area contributed by atoms with E-state index in [1.807, 2.05) is 19.0 Å². The van der Waals surface area contributed by atoms with Crippen molar-refractivity contribution in [3.05, 3.63) is 10.6 Å². The van der Waals surface area contributed by atoms with Crippen LogP contribution in [0.3, 0.4) is 0 Å². The van der Waals surface area contributed by atoms with E-state index in [0.29, 0.717) is 18.1 Å². The topological polar surface area (TPSA) is 62.3 Å². The fraction of sp³-hybridized carbons (Fsp3) is 0.769. The van der Waals surface area contributed by atoms with E-state index in [0.717, 1.165) is 17.4 Å². The molecular formula is C13H23N3O2S2. The highest BCUT2D eigenvalue weighted by atomic mass is 32.2. The molecule has 1 saturated heterocycles. The quantitative estimate of drug-likeness (QED) is 0.894. The molecule has 2 heterocycles. The van der Waals surface area contributed by atoms with Crippen LogP contribution in [0.25, 0.3) is 0 Å². The molecular weight excluding hydrogens is 294 g/mol. The number of sulfone groups is 1. The predicted molar refractivity (Wildman–Crippen MR) is 84.4 cm³/mol. The maximum Gasteiger partial charge on any atom is 0.185 e. The molecule has 1 N–H and O–H groups in total. The maximum atomic E-state index is 11.6. The Kier molecular flexibility index (Phi) is 4.71. The van der Waals surface area contributed by atoms with Crippen molar-refractivity contribution in [2.24, 2.45) is 0 Å². The summed E-state index contributed by atoms with van der Waals surface area (Å²) in [6, 6.07) is 0.0635. The van der Waals surface area contributed by atoms with Crippen LogP contribution in [-0.4, -0.2) is 45.0 Å². The van der Waals surface area contributed by atoms with Crippen molar-refractivity contribution in [3.8, 4) is 0 Å². The van der Waals surface area contributed by atoms with Gasteiger partial charge in [0, 0.05) is 24.5 Å². The van der Waals surface area contributed by atoms with Crippen LogP contribution in [0.15, 0.2) is 0 Å². The summed E-state index contributed by atoms with van der Waals surface area (Å²) in [6.45, 7) is 5.08. The summed E-state index contributed by atoms with van der Waals surface area (Å²) in [5.41, 5.74) is 1.12. The number of anilines is 1. The molecule has 0 saturated carbocycles. The maximum absolute atomic E-state index is 11.6. The number of nitrogens with one attached hydrogen (secondary N) is 1. The summed E-state index contributed by atoms with van der Waals surface area (Å²) < 4.78 is 23.2. The van der Waals surface area contributed by atoms with E-state index in [-0.39, 0.29) is 11.8 Å². The zero-order valence-electron chi connectivity index (χ0n) is 12.5. The highest BCUT2D eigenvalue weighted by Crippen LogP contribution is 2.32. The van der Waals surface area contributed by atoms with Crippen molar-refractivity contribution in [3.63, 3.8) is 0 Å². The van der Waals surface area contributed by atoms with Gasteiger partial charge in [-0.2, -0.15) is 0 Å². The predicted octanol–water partition coefficient (Wildman–Crippen LogP) is 1.61. The first-order valence-corrected chi connectivity index (χ1v) is 9.55. The average molecular weight is 317 g/mol. The zero-order chi connectivity index (χ0) is 14.9. The summed E-state index contributed by atoms with van der Waals surface area (Å²) in [5.74, 6) is 0.930. The van der Waals surface area contributed by atoms with Crippen LogP contribution in [0, 0.1) is 0 Å². The number of rotatable bonds is 5. The highest BCUT2D eigenvalue weighted by molar-refractivity contribution is 7.91. The third-order valence-electron chi connectivity index (χ3n) is 3.66. The van der Waals surface area contributed by atoms with Gasteiger partial charge in [-0.1, -0.05) is 13.8 Å². The summed E-state index contributed by atoms with van der Waals surface area (Å²) in [4.78, 5) is 8.01. The molecule has 1 fully saturated rings. The molecule has 1 aliphatic rings. The van der Waals surface area contributed by atoms with Gasteiger partial charge < -0.3 is 10.2 Å². The second kappa shape index (κ2) is 5.99. The van der Waals surface area contributed by atoms with Crippen LogP contribution < -0.4 is 10.2 Å². The minimum absolute atomic E-state index is 0.0635. The smallest absolute Gasteiger partial charge is 0.185 e. The van der Waals surface area contributed by atoms with Crippen LogP contribution in [0.2, 0.25) is 0 Å². The van der Waals surface area contributed by atoms with Gasteiger partial charge >= 0.3 is 0 Å². The minimum Gasteiger partial charge on any atom is -0.347 e. The lowest BCUT2D eigenvalue weighted by Gasteiger charge is -2.22. The van der Waals surface area contributed by atoms with Gasteiger partial charge in [0.1, 0.15) is 0 Å². The Morgan fingerprint density at radius 1 is 1.50 bits per heavy atom. The molecule has 0 spiro atoms. The van der Waals surface area contributed by atoms with Crippen LogP contribution in [-0.2, 0) is 16.4 Å². The Balaban J connectivity index is 2.22. The van der Waals surface area contributed by atoms with Crippen molar-refractivity contribution in [2.45, 2.75) is 38.8 Å². The fourth-order valence-corrected chi connectivity index (χ4v) is 5.51. The summed E-state index contributed by atoms with van der Waals surface area (Å²) in [7, 11) is 1.03. The molecule has 5 nitrogen and oxygen atoms in total. The molecule has 1 aromatic rings. The lowest BCUT2D eigenvalue weighted by atomic mass is 10.1. The third-order valence-corrected chi connectivity index (χ3v) is 6.57. The molecule has 1 unspecified atom stereocenters. The second-order valence-electron chi connectivity index (χ2n) is 5.66. The van der Waals surface area contributed by atoms with Gasteiger partial charge in [-0.15, -0.1) is 11.3 Å². The fourth-order valence-electron chi connectivity index (χ4n) is 2.48. The summed E-state index contributed by atoms with van der Waals surface area (Å²) in [5, 5.41) is 4.10. The molecule has 0 bridgehead atoms. The SMILES string of the molecule is CNCc1sc(N(C)C2CCS(=O)(=O)C2)nc1C(C)C. The lowest BCUT2D eigenvalue weighted by molar-refractivity contribution is 0.600. The Labute approximate surface area is 125 Å². The van der Waals surface area contributed by atoms with Crippen molar-refractivity contribution < 1.29 is 8.42 Å². The van der Waals surface area contributed by atoms with Crippen molar-refractivity contribution in [2.75, 3.05) is 30.5 Å². The van der Waals surface area contributed by atoms with Crippen molar-refractivity contribution in [1.82, 2.24) is 10.3 Å². The Morgan fingerprint density at radius 2 is 2.20 bits per heavy atom. The monoisotopic (exact) mass is 317 g/mol. The second-order valence-corrected chi connectivity index (χ2v) is 8.95. The molecule has 0 radical (unpaired) electrons. The lowest BCUT2D eigenvalue weighted by Crippen LogP contribution is -2.32. The number of hydrogen-bond acceptors (Lipinski definition) is 6. The molecule has 0 amide bonds. The van der Waals surface area contributed by atoms with E-state index in [4.69, 9.17) is 4.98 Å². The van der Waals surface area contributed by atoms with Gasteiger partial charge in [-0.3, -0.25) is 0 Å². The normalized spacial score (nSPS) is 21.6. The van der Waals surface area contributed by atoms with E-state index in [2.05, 4.69) is 19.2 Å². The van der Waals surface area contributed by atoms with E-state index >= 15 is 0 Å². The minimum atomic E-state index is -2.86. The van der Waals surface area contributed by atoms with Crippen molar-refractivity contribution >= 4 is 26.3 Å². The van der Waals surface area contributed by atoms with E-state index in [1.165, 1.54) is 4.88 Å². The van der Waals surface area contributed by atoms with Gasteiger partial charge in [-0.05, 0) is 19.4 Å². The largest absolute Gasteiger partial charge is 0.347 e. The zero-order valence-corrected chi connectivity index (χ0v) is 14.1. The number of aromatic nitrogens is 1. The molecule has 1 atom stereocenters. The molecule has 1 aliphatic heterocycles. The average Bonchev–Trinajstić information content (AvgIpc) is 2.92. The molecule has 0 aliphatic carbocycles. The molecule has 2 rings (SSSR count). The number of thiazole rings is 1. The first-order valence-electron chi connectivity index (χ1n) is 6.91. The van der Waals surface area contributed by atoms with Gasteiger partial charge in [0.05, 0.1) is 17.2 Å². The van der Waals surface area contributed by atoms with Crippen LogP contribution in [0.4, 0.5) is 5.13 Å². The molecule has 114 valence electrons. The van der Waals surface area contributed by atoms with Gasteiger partial charge in [-0.25, -0.2) is 13.4 Å². The molecule has 7 heteroatoms. The Morgan fingerprint density at radius 3 is 2.70 bits per heavy atom. The van der Waals surface area contributed by atoms with Gasteiger partial charge in [0.2, 0.25) is 0 Å². The third kappa shape index (κ3) is 3.32. The van der Waals surface area contributed by atoms with E-state index in [9.17, 15) is 8.42 Å². The van der Waals surface area contributed by atoms with Crippen LogP contribution >= 0.6 is 11.3 Å². The van der Waals surface area contributed by atoms with E-state index < -0.39 is 9.84 Å². The summed E-state index contributed by atoms with van der Waals surface area (Å²) in [6.07, 6.45) is 0.705. The Bertz CT molecular complexity index is 566. The highest BCUT2D eigenvalue weighted by Gasteiger charge is 2.32. The summed E-state index contributed by atoms with van der Waals surface area (Å²) >= 11 is 1.66. The van der Waals surface area contributed by atoms with Crippen LogP contribution in [0.1, 0.15) is 36.8 Å². The first-order chi connectivity index (χ1) is 9.34. The Hall–Kier alpha value is -0.660. The molecule has 1 aromatic heterocycles. The standard InChI is InChI=1S/C13H23N3O2S2/c1-9(2)12-11(7-14-3)19-13(15-12)16(4)10-5-6-20(17,18)8-10/h9-10,14H,5-8H2,1-4H3. The van der Waals surface area contributed by atoms with E-state index in [1.54, 1.807) is 11.3 Å². The van der Waals surface area contributed by atoms with Crippen molar-refractivity contribution in [1.29, 1.82) is 0 Å². The number of hydrogen-bond donors (Lipinski definition) is 1. The molecule has 20 heavy (non-hydrogen) atoms. The first kappa shape index (κ1) is 15.7. The van der Waals surface area contributed by atoms with Crippen LogP contribution in [0.5, 0.6) is 0 Å². The molecule has 0 aromatic carbocycles. The van der Waals surface area contributed by atoms with Gasteiger partial charge in [0.25, 0.3) is 0 Å². The van der Waals surface area contributed by atoms with Gasteiger partial charge in [0.15, 0.2) is 15.0 Å². The number of nitrogens with zero attached hydrogens (tertiary/aromatic N) is 2.